The lowest BCUT2D eigenvalue weighted by atomic mass is 10.0. The van der Waals surface area contributed by atoms with Gasteiger partial charge in [-0.25, -0.2) is 15.2 Å². The van der Waals surface area contributed by atoms with Crippen molar-refractivity contribution in [2.24, 2.45) is 5.92 Å². The van der Waals surface area contributed by atoms with E-state index in [1.807, 2.05) is 36.4 Å². The first-order valence-electron chi connectivity index (χ1n) is 7.01. The summed E-state index contributed by atoms with van der Waals surface area (Å²) in [5.41, 5.74) is 4.44. The average Bonchev–Trinajstić information content (AvgIpc) is 2.81. The van der Waals surface area contributed by atoms with Crippen LogP contribution in [0, 0.1) is 5.92 Å². The van der Waals surface area contributed by atoms with Gasteiger partial charge in [0.1, 0.15) is 6.61 Å². The minimum absolute atomic E-state index is 0.0283. The fourth-order valence-corrected chi connectivity index (χ4v) is 2.36. The molecule has 1 amide bonds. The summed E-state index contributed by atoms with van der Waals surface area (Å²) in [7, 11) is 0. The molecule has 0 bridgehead atoms. The molecule has 1 aliphatic rings. The monoisotopic (exact) mass is 274 g/mol. The second-order valence-electron chi connectivity index (χ2n) is 5.38. The van der Waals surface area contributed by atoms with Crippen molar-refractivity contribution in [3.8, 4) is 0 Å². The molecule has 1 aromatic carbocycles. The number of hydrogen-bond donors (Lipinski definition) is 1. The van der Waals surface area contributed by atoms with Gasteiger partial charge in [0.2, 0.25) is 0 Å². The van der Waals surface area contributed by atoms with E-state index in [-0.39, 0.29) is 18.2 Å². The molecule has 0 unspecified atom stereocenters. The average molecular weight is 274 g/mol. The van der Waals surface area contributed by atoms with E-state index >= 15 is 0 Å². The highest BCUT2D eigenvalue weighted by molar-refractivity contribution is 5.69. The van der Waals surface area contributed by atoms with E-state index in [4.69, 9.17) is 4.74 Å². The lowest BCUT2D eigenvalue weighted by Gasteiger charge is -2.29. The Hall–Kier alpha value is -1.81. The molecule has 0 aliphatic carbocycles. The smallest absolute Gasteiger partial charge is 0.424 e. The molecule has 1 aromatic rings. The van der Waals surface area contributed by atoms with Crippen molar-refractivity contribution in [3.05, 3.63) is 48.6 Å². The van der Waals surface area contributed by atoms with Gasteiger partial charge in [-0.1, -0.05) is 50.3 Å². The van der Waals surface area contributed by atoms with Crippen molar-refractivity contribution >= 4 is 6.09 Å². The maximum Gasteiger partial charge on any atom is 0.424 e. The molecule has 2 rings (SSSR count). The van der Waals surface area contributed by atoms with Gasteiger partial charge in [-0.2, -0.15) is 0 Å². The maximum atomic E-state index is 11.9. The van der Waals surface area contributed by atoms with E-state index in [1.54, 1.807) is 5.01 Å². The molecule has 0 aromatic heterocycles. The normalized spacial score (nSPS) is 20.1. The molecular weight excluding hydrogens is 252 g/mol. The van der Waals surface area contributed by atoms with Gasteiger partial charge in [0.15, 0.2) is 0 Å². The second kappa shape index (κ2) is 6.57. The molecule has 2 atom stereocenters. The predicted octanol–water partition coefficient (Wildman–Crippen LogP) is 3.29. The highest BCUT2D eigenvalue weighted by Gasteiger charge is 2.36. The molecule has 1 saturated heterocycles. The van der Waals surface area contributed by atoms with Gasteiger partial charge in [-0.3, -0.25) is 0 Å². The van der Waals surface area contributed by atoms with Crippen LogP contribution in [-0.2, 0) is 4.74 Å². The van der Waals surface area contributed by atoms with Crippen LogP contribution in [0.15, 0.2) is 43.0 Å². The van der Waals surface area contributed by atoms with Crippen LogP contribution in [0.4, 0.5) is 4.79 Å². The number of hydrazine groups is 1. The summed E-state index contributed by atoms with van der Waals surface area (Å²) < 4.78 is 5.15. The Morgan fingerprint density at radius 3 is 2.75 bits per heavy atom. The van der Waals surface area contributed by atoms with E-state index < -0.39 is 0 Å². The number of nitrogens with zero attached hydrogens (tertiary/aromatic N) is 1. The van der Waals surface area contributed by atoms with Gasteiger partial charge < -0.3 is 4.74 Å². The van der Waals surface area contributed by atoms with E-state index in [0.717, 1.165) is 12.0 Å². The van der Waals surface area contributed by atoms with Crippen molar-refractivity contribution in [3.63, 3.8) is 0 Å². The molecular formula is C16H22N2O2. The largest absolute Gasteiger partial charge is 0.446 e. The van der Waals surface area contributed by atoms with Gasteiger partial charge >= 0.3 is 6.09 Å². The van der Waals surface area contributed by atoms with Crippen molar-refractivity contribution in [1.29, 1.82) is 0 Å². The highest BCUT2D eigenvalue weighted by atomic mass is 16.6. The first-order chi connectivity index (χ1) is 9.63. The topological polar surface area (TPSA) is 41.6 Å². The number of nitrogens with one attached hydrogen (secondary N) is 1. The Morgan fingerprint density at radius 2 is 2.15 bits per heavy atom. The van der Waals surface area contributed by atoms with Crippen LogP contribution in [0.25, 0.3) is 0 Å². The number of carbonyl (C=O) groups is 1. The molecule has 4 heteroatoms. The van der Waals surface area contributed by atoms with Crippen molar-refractivity contribution in [1.82, 2.24) is 10.4 Å². The quantitative estimate of drug-likeness (QED) is 0.809. The molecule has 1 fully saturated rings. The molecule has 1 aliphatic heterocycles. The first-order valence-corrected chi connectivity index (χ1v) is 7.01. The van der Waals surface area contributed by atoms with Gasteiger partial charge in [-0.15, -0.1) is 6.58 Å². The number of ether oxygens (including phenoxy) is 1. The highest BCUT2D eigenvalue weighted by Crippen LogP contribution is 2.23. The summed E-state index contributed by atoms with van der Waals surface area (Å²) in [5.74, 6) is 0.342. The van der Waals surface area contributed by atoms with Crippen molar-refractivity contribution in [2.45, 2.75) is 32.4 Å². The lowest BCUT2D eigenvalue weighted by Crippen LogP contribution is -2.48. The molecule has 0 radical (unpaired) electrons. The minimum Gasteiger partial charge on any atom is -0.446 e. The number of rotatable bonds is 6. The zero-order valence-corrected chi connectivity index (χ0v) is 12.1. The first kappa shape index (κ1) is 14.6. The Labute approximate surface area is 120 Å². The fourth-order valence-electron chi connectivity index (χ4n) is 2.36. The summed E-state index contributed by atoms with van der Waals surface area (Å²) in [6.45, 7) is 8.42. The Kier molecular flexibility index (Phi) is 4.79. The van der Waals surface area contributed by atoms with Crippen LogP contribution < -0.4 is 5.43 Å². The molecule has 4 nitrogen and oxygen atoms in total. The van der Waals surface area contributed by atoms with Gasteiger partial charge in [0, 0.05) is 0 Å². The fraction of sp³-hybridized carbons (Fsp3) is 0.438. The maximum absolute atomic E-state index is 11.9. The van der Waals surface area contributed by atoms with Crippen LogP contribution in [-0.4, -0.2) is 23.8 Å². The van der Waals surface area contributed by atoms with E-state index in [1.165, 1.54) is 0 Å². The third-order valence-electron chi connectivity index (χ3n) is 3.57. The van der Waals surface area contributed by atoms with Crippen LogP contribution in [0.3, 0.4) is 0 Å². The number of amides is 1. The molecule has 108 valence electrons. The van der Waals surface area contributed by atoms with E-state index in [0.29, 0.717) is 12.5 Å². The van der Waals surface area contributed by atoms with Gasteiger partial charge in [-0.05, 0) is 17.9 Å². The van der Waals surface area contributed by atoms with E-state index in [2.05, 4.69) is 25.9 Å². The Morgan fingerprint density at radius 1 is 1.45 bits per heavy atom. The number of benzene rings is 1. The SMILES string of the molecule is C=CC[C@H](NN1C(=O)OC[C@@H]1C(C)C)c1ccccc1. The number of carbonyl (C=O) groups excluding carboxylic acids is 1. The standard InChI is InChI=1S/C16H22N2O2/c1-4-8-14(13-9-6-5-7-10-13)17-18-15(12(2)3)11-20-16(18)19/h4-7,9-10,12,14-15,17H,1,8,11H2,2-3H3/t14-,15+/m0/s1. The number of hydrogen-bond acceptors (Lipinski definition) is 3. The van der Waals surface area contributed by atoms with E-state index in [9.17, 15) is 4.79 Å². The molecule has 0 spiro atoms. The second-order valence-corrected chi connectivity index (χ2v) is 5.38. The summed E-state index contributed by atoms with van der Waals surface area (Å²) in [6, 6.07) is 10.2. The van der Waals surface area contributed by atoms with Crippen LogP contribution >= 0.6 is 0 Å². The third kappa shape index (κ3) is 3.20. The van der Waals surface area contributed by atoms with Crippen LogP contribution in [0.5, 0.6) is 0 Å². The summed E-state index contributed by atoms with van der Waals surface area (Å²) >= 11 is 0. The lowest BCUT2D eigenvalue weighted by molar-refractivity contribution is 0.122. The molecule has 0 saturated carbocycles. The van der Waals surface area contributed by atoms with Gasteiger partial charge in [0.05, 0.1) is 12.1 Å². The minimum atomic E-state index is -0.298. The van der Waals surface area contributed by atoms with Crippen molar-refractivity contribution in [2.75, 3.05) is 6.61 Å². The zero-order chi connectivity index (χ0) is 14.5. The predicted molar refractivity (Wildman–Crippen MR) is 78.9 cm³/mol. The summed E-state index contributed by atoms with van der Waals surface area (Å²) in [4.78, 5) is 11.9. The van der Waals surface area contributed by atoms with Gasteiger partial charge in [0.25, 0.3) is 0 Å². The Bertz CT molecular complexity index is 459. The van der Waals surface area contributed by atoms with Crippen LogP contribution in [0.2, 0.25) is 0 Å². The van der Waals surface area contributed by atoms with Crippen molar-refractivity contribution < 1.29 is 9.53 Å². The Balaban J connectivity index is 2.15. The molecule has 20 heavy (non-hydrogen) atoms. The summed E-state index contributed by atoms with van der Waals surface area (Å²) in [5, 5.41) is 1.63. The summed E-state index contributed by atoms with van der Waals surface area (Å²) in [6.07, 6.45) is 2.31. The third-order valence-corrected chi connectivity index (χ3v) is 3.57. The zero-order valence-electron chi connectivity index (χ0n) is 12.1. The number of cyclic esters (lactones) is 1. The molecule has 1 N–H and O–H groups in total. The van der Waals surface area contributed by atoms with Crippen LogP contribution in [0.1, 0.15) is 31.9 Å². The molecule has 1 heterocycles.